The van der Waals surface area contributed by atoms with Crippen molar-refractivity contribution in [1.29, 1.82) is 0 Å². The zero-order chi connectivity index (χ0) is 16.5. The van der Waals surface area contributed by atoms with Crippen LogP contribution in [0.1, 0.15) is 36.0 Å². The fourth-order valence-electron chi connectivity index (χ4n) is 2.71. The van der Waals surface area contributed by atoms with Crippen LogP contribution in [0.25, 0.3) is 0 Å². The van der Waals surface area contributed by atoms with Crippen LogP contribution in [0.4, 0.5) is 11.4 Å². The highest BCUT2D eigenvalue weighted by molar-refractivity contribution is 6.04. The Morgan fingerprint density at radius 2 is 1.68 bits per heavy atom. The average Bonchev–Trinajstić information content (AvgIpc) is 2.49. The Morgan fingerprint density at radius 1 is 1.14 bits per heavy atom. The van der Waals surface area contributed by atoms with E-state index in [-0.39, 0.29) is 5.56 Å². The summed E-state index contributed by atoms with van der Waals surface area (Å²) < 4.78 is 0. The van der Waals surface area contributed by atoms with Gasteiger partial charge in [0.15, 0.2) is 5.78 Å². The van der Waals surface area contributed by atoms with E-state index >= 15 is 0 Å². The second kappa shape index (κ2) is 5.78. The number of nitro benzene ring substituents is 2. The Morgan fingerprint density at radius 3 is 2.14 bits per heavy atom. The predicted octanol–water partition coefficient (Wildman–Crippen LogP) is 1.28. The van der Waals surface area contributed by atoms with Crippen LogP contribution in [-0.2, 0) is 0 Å². The molecule has 2 rings (SSSR count). The maximum atomic E-state index is 12.6. The molecule has 1 saturated carbocycles. The van der Waals surface area contributed by atoms with Gasteiger partial charge in [0.2, 0.25) is 0 Å². The molecule has 4 N–H and O–H groups in total. The van der Waals surface area contributed by atoms with Crippen molar-refractivity contribution in [3.8, 4) is 0 Å². The number of ketones is 1. The van der Waals surface area contributed by atoms with Gasteiger partial charge in [-0.3, -0.25) is 25.0 Å². The molecule has 0 saturated heterocycles. The van der Waals surface area contributed by atoms with E-state index < -0.39 is 38.6 Å². The van der Waals surface area contributed by atoms with Crippen molar-refractivity contribution in [2.24, 2.45) is 11.5 Å². The molecule has 0 spiro atoms. The number of hydrogen-bond donors (Lipinski definition) is 2. The molecular formula is C13H16N4O5. The van der Waals surface area contributed by atoms with Crippen molar-refractivity contribution in [3.05, 3.63) is 44.0 Å². The average molecular weight is 308 g/mol. The third-order valence-corrected chi connectivity index (χ3v) is 4.03. The van der Waals surface area contributed by atoms with Crippen LogP contribution < -0.4 is 11.5 Å². The summed E-state index contributed by atoms with van der Waals surface area (Å²) in [6.07, 6.45) is 2.48. The van der Waals surface area contributed by atoms with E-state index in [1.807, 2.05) is 0 Å². The topological polar surface area (TPSA) is 155 Å². The van der Waals surface area contributed by atoms with Crippen LogP contribution in [0.2, 0.25) is 0 Å². The summed E-state index contributed by atoms with van der Waals surface area (Å²) in [7, 11) is 0. The number of nitrogens with two attached hydrogens (primary N) is 2. The number of Topliss-reactive ketones (excluding diaryl/α,β-unsaturated/α-hetero) is 1. The number of non-ortho nitro benzene ring substituents is 2. The molecule has 9 nitrogen and oxygen atoms in total. The Hall–Kier alpha value is -2.39. The summed E-state index contributed by atoms with van der Waals surface area (Å²) in [6.45, 7) is 0. The molecule has 0 aromatic heterocycles. The zero-order valence-electron chi connectivity index (χ0n) is 11.7. The largest absolute Gasteiger partial charge is 0.326 e. The lowest BCUT2D eigenvalue weighted by Crippen LogP contribution is -2.62. The first kappa shape index (κ1) is 16.0. The highest BCUT2D eigenvalue weighted by Gasteiger charge is 2.42. The van der Waals surface area contributed by atoms with E-state index in [0.29, 0.717) is 19.3 Å². The molecular weight excluding hydrogens is 292 g/mol. The molecule has 9 heteroatoms. The SMILES string of the molecule is NC1CCCCC1(N)C(=O)c1cc([N+](=O)[O-])cc([N+](=O)[O-])c1. The van der Waals surface area contributed by atoms with Gasteiger partial charge in [0.1, 0.15) is 0 Å². The molecule has 22 heavy (non-hydrogen) atoms. The second-order valence-electron chi connectivity index (χ2n) is 5.47. The monoisotopic (exact) mass is 308 g/mol. The van der Waals surface area contributed by atoms with Crippen molar-refractivity contribution in [2.45, 2.75) is 37.3 Å². The van der Waals surface area contributed by atoms with Crippen LogP contribution in [0.15, 0.2) is 18.2 Å². The molecule has 1 aromatic carbocycles. The van der Waals surface area contributed by atoms with E-state index in [1.54, 1.807) is 0 Å². The first-order valence-electron chi connectivity index (χ1n) is 6.79. The minimum absolute atomic E-state index is 0.152. The van der Waals surface area contributed by atoms with Gasteiger partial charge in [-0.1, -0.05) is 12.8 Å². The molecule has 0 radical (unpaired) electrons. The number of hydrogen-bond acceptors (Lipinski definition) is 7. The number of carbonyl (C=O) groups is 1. The predicted molar refractivity (Wildman–Crippen MR) is 77.4 cm³/mol. The van der Waals surface area contributed by atoms with Crippen LogP contribution in [-0.4, -0.2) is 27.2 Å². The Bertz CT molecular complexity index is 615. The Kier molecular flexibility index (Phi) is 4.20. The van der Waals surface area contributed by atoms with Crippen LogP contribution in [0.3, 0.4) is 0 Å². The lowest BCUT2D eigenvalue weighted by Gasteiger charge is -2.37. The van der Waals surface area contributed by atoms with Gasteiger partial charge < -0.3 is 11.5 Å². The molecule has 1 aliphatic carbocycles. The van der Waals surface area contributed by atoms with Crippen molar-refractivity contribution >= 4 is 17.2 Å². The first-order chi connectivity index (χ1) is 10.3. The minimum atomic E-state index is -1.35. The first-order valence-corrected chi connectivity index (χ1v) is 6.79. The second-order valence-corrected chi connectivity index (χ2v) is 5.47. The number of benzene rings is 1. The summed E-state index contributed by atoms with van der Waals surface area (Å²) in [6, 6.07) is 2.24. The minimum Gasteiger partial charge on any atom is -0.326 e. The number of nitro groups is 2. The molecule has 0 heterocycles. The molecule has 1 aliphatic rings. The van der Waals surface area contributed by atoms with Gasteiger partial charge in [-0.25, -0.2) is 0 Å². The highest BCUT2D eigenvalue weighted by atomic mass is 16.6. The van der Waals surface area contributed by atoms with E-state index in [2.05, 4.69) is 0 Å². The van der Waals surface area contributed by atoms with Crippen molar-refractivity contribution in [2.75, 3.05) is 0 Å². The number of nitrogens with zero attached hydrogens (tertiary/aromatic N) is 2. The van der Waals surface area contributed by atoms with Gasteiger partial charge in [0, 0.05) is 23.7 Å². The van der Waals surface area contributed by atoms with E-state index in [1.165, 1.54) is 0 Å². The quantitative estimate of drug-likeness (QED) is 0.482. The molecule has 1 fully saturated rings. The fraction of sp³-hybridized carbons (Fsp3) is 0.462. The molecule has 1 aromatic rings. The Labute approximate surface area is 125 Å². The molecule has 2 unspecified atom stereocenters. The summed E-state index contributed by atoms with van der Waals surface area (Å²) in [5, 5.41) is 21.8. The maximum Gasteiger partial charge on any atom is 0.277 e. The molecule has 118 valence electrons. The summed E-state index contributed by atoms with van der Waals surface area (Å²) in [5.41, 5.74) is 9.51. The van der Waals surface area contributed by atoms with Crippen LogP contribution in [0.5, 0.6) is 0 Å². The lowest BCUT2D eigenvalue weighted by molar-refractivity contribution is -0.394. The fourth-order valence-corrected chi connectivity index (χ4v) is 2.71. The van der Waals surface area contributed by atoms with Crippen LogP contribution in [0, 0.1) is 20.2 Å². The summed E-state index contributed by atoms with van der Waals surface area (Å²) >= 11 is 0. The third-order valence-electron chi connectivity index (χ3n) is 4.03. The maximum absolute atomic E-state index is 12.6. The van der Waals surface area contributed by atoms with Crippen molar-refractivity contribution in [3.63, 3.8) is 0 Å². The van der Waals surface area contributed by atoms with Gasteiger partial charge in [0.25, 0.3) is 11.4 Å². The number of rotatable bonds is 4. The summed E-state index contributed by atoms with van der Waals surface area (Å²) in [5.74, 6) is -0.591. The lowest BCUT2D eigenvalue weighted by atomic mass is 9.74. The van der Waals surface area contributed by atoms with E-state index in [0.717, 1.165) is 24.6 Å². The summed E-state index contributed by atoms with van der Waals surface area (Å²) in [4.78, 5) is 32.8. The van der Waals surface area contributed by atoms with Crippen molar-refractivity contribution in [1.82, 2.24) is 0 Å². The molecule has 0 amide bonds. The van der Waals surface area contributed by atoms with Gasteiger partial charge in [-0.15, -0.1) is 0 Å². The van der Waals surface area contributed by atoms with Gasteiger partial charge in [-0.05, 0) is 12.8 Å². The molecule has 0 bridgehead atoms. The van der Waals surface area contributed by atoms with Crippen molar-refractivity contribution < 1.29 is 14.6 Å². The van der Waals surface area contributed by atoms with Gasteiger partial charge in [0.05, 0.1) is 21.5 Å². The third kappa shape index (κ3) is 2.81. The van der Waals surface area contributed by atoms with Crippen LogP contribution >= 0.6 is 0 Å². The van der Waals surface area contributed by atoms with E-state index in [9.17, 15) is 25.0 Å². The molecule has 2 atom stereocenters. The molecule has 0 aliphatic heterocycles. The van der Waals surface area contributed by atoms with Gasteiger partial charge in [-0.2, -0.15) is 0 Å². The Balaban J connectivity index is 2.48. The number of carbonyl (C=O) groups excluding carboxylic acids is 1. The smallest absolute Gasteiger partial charge is 0.277 e. The normalized spacial score (nSPS) is 24.7. The van der Waals surface area contributed by atoms with E-state index in [4.69, 9.17) is 11.5 Å². The zero-order valence-corrected chi connectivity index (χ0v) is 11.7. The van der Waals surface area contributed by atoms with Gasteiger partial charge >= 0.3 is 0 Å². The standard InChI is InChI=1S/C13H16N4O5/c14-11-3-1-2-4-13(11,15)12(18)8-5-9(16(19)20)7-10(6-8)17(21)22/h5-7,11H,1-4,14-15H2. The highest BCUT2D eigenvalue weighted by Crippen LogP contribution is 2.31.